The van der Waals surface area contributed by atoms with Crippen LogP contribution in [0, 0.1) is 17.2 Å². The summed E-state index contributed by atoms with van der Waals surface area (Å²) in [6.07, 6.45) is 6.31. The molecule has 1 aliphatic heterocycles. The number of hydrogen-bond donors (Lipinski definition) is 1. The zero-order valence-corrected chi connectivity index (χ0v) is 23.3. The average molecular weight is 552 g/mol. The minimum absolute atomic E-state index is 0.0149. The molecule has 1 fully saturated rings. The molecule has 5 rings (SSSR count). The number of benzene rings is 3. The van der Waals surface area contributed by atoms with E-state index in [2.05, 4.69) is 62.2 Å². The number of hydrogen-bond acceptors (Lipinski definition) is 4. The maximum atomic E-state index is 13.2. The fourth-order valence-corrected chi connectivity index (χ4v) is 5.64. The van der Waals surface area contributed by atoms with Crippen molar-refractivity contribution >= 4 is 17.5 Å². The number of nitrogens with zero attached hydrogens (tertiary/aromatic N) is 4. The molecule has 1 aromatic heterocycles. The Morgan fingerprint density at radius 2 is 1.80 bits per heavy atom. The molecule has 40 heavy (non-hydrogen) atoms. The Balaban J connectivity index is 1.15. The first-order valence-corrected chi connectivity index (χ1v) is 14.3. The van der Waals surface area contributed by atoms with Gasteiger partial charge in [0.15, 0.2) is 0 Å². The molecule has 1 saturated heterocycles. The topological polar surface area (TPSA) is 74.0 Å². The van der Waals surface area contributed by atoms with Crippen molar-refractivity contribution in [2.24, 2.45) is 5.92 Å². The van der Waals surface area contributed by atoms with Crippen LogP contribution in [0.25, 0.3) is 0 Å². The molecule has 0 aliphatic carbocycles. The Labute approximate surface area is 241 Å². The van der Waals surface area contributed by atoms with E-state index in [4.69, 9.17) is 16.9 Å². The summed E-state index contributed by atoms with van der Waals surface area (Å²) in [5.41, 5.74) is 5.34. The van der Waals surface area contributed by atoms with Crippen LogP contribution in [-0.4, -0.2) is 46.5 Å². The van der Waals surface area contributed by atoms with Crippen molar-refractivity contribution < 1.29 is 4.79 Å². The Kier molecular flexibility index (Phi) is 9.28. The fraction of sp³-hybridized carbons (Fsp3) is 0.303. The zero-order chi connectivity index (χ0) is 27.7. The van der Waals surface area contributed by atoms with Crippen LogP contribution in [0.15, 0.2) is 91.4 Å². The van der Waals surface area contributed by atoms with E-state index < -0.39 is 0 Å². The molecule has 0 radical (unpaired) electrons. The van der Waals surface area contributed by atoms with Gasteiger partial charge in [0.1, 0.15) is 0 Å². The highest BCUT2D eigenvalue weighted by Gasteiger charge is 2.28. The number of nitriles is 1. The van der Waals surface area contributed by atoms with Gasteiger partial charge in [-0.3, -0.25) is 4.79 Å². The highest BCUT2D eigenvalue weighted by Crippen LogP contribution is 2.29. The van der Waals surface area contributed by atoms with Gasteiger partial charge in [0.25, 0.3) is 0 Å². The SMILES string of the molecule is N#Cc1ccc(Cn2cncc2CCNC(=O)C2CCCN(CC(c3ccccc3)c3ccc(Cl)cc3)C2)cc1. The highest BCUT2D eigenvalue weighted by molar-refractivity contribution is 6.30. The zero-order valence-electron chi connectivity index (χ0n) is 22.5. The van der Waals surface area contributed by atoms with Crippen molar-refractivity contribution in [2.75, 3.05) is 26.2 Å². The van der Waals surface area contributed by atoms with Crippen molar-refractivity contribution in [3.63, 3.8) is 0 Å². The molecule has 0 saturated carbocycles. The predicted octanol–water partition coefficient (Wildman–Crippen LogP) is 5.66. The first-order valence-electron chi connectivity index (χ1n) is 13.9. The lowest BCUT2D eigenvalue weighted by Crippen LogP contribution is -2.44. The molecule has 4 aromatic rings. The molecule has 2 unspecified atom stereocenters. The summed E-state index contributed by atoms with van der Waals surface area (Å²) in [6, 6.07) is 28.5. The second-order valence-corrected chi connectivity index (χ2v) is 10.9. The monoisotopic (exact) mass is 551 g/mol. The van der Waals surface area contributed by atoms with Gasteiger partial charge in [0.05, 0.1) is 23.9 Å². The van der Waals surface area contributed by atoms with E-state index in [0.29, 0.717) is 25.1 Å². The molecular formula is C33H34ClN5O. The van der Waals surface area contributed by atoms with E-state index in [1.807, 2.05) is 55.0 Å². The van der Waals surface area contributed by atoms with E-state index in [1.165, 1.54) is 11.1 Å². The number of amides is 1. The molecule has 0 spiro atoms. The van der Waals surface area contributed by atoms with Crippen molar-refractivity contribution in [2.45, 2.75) is 31.7 Å². The molecule has 1 aliphatic rings. The van der Waals surface area contributed by atoms with Crippen LogP contribution in [0.2, 0.25) is 5.02 Å². The summed E-state index contributed by atoms with van der Waals surface area (Å²) in [7, 11) is 0. The van der Waals surface area contributed by atoms with E-state index in [1.54, 1.807) is 0 Å². The lowest BCUT2D eigenvalue weighted by atomic mass is 9.89. The summed E-state index contributed by atoms with van der Waals surface area (Å²) in [5, 5.41) is 12.9. The number of halogens is 1. The Morgan fingerprint density at radius 3 is 2.55 bits per heavy atom. The Hall–Kier alpha value is -3.92. The third kappa shape index (κ3) is 7.18. The van der Waals surface area contributed by atoms with E-state index in [9.17, 15) is 4.79 Å². The van der Waals surface area contributed by atoms with E-state index >= 15 is 0 Å². The predicted molar refractivity (Wildman–Crippen MR) is 158 cm³/mol. The van der Waals surface area contributed by atoms with Crippen molar-refractivity contribution in [1.82, 2.24) is 19.8 Å². The van der Waals surface area contributed by atoms with Gasteiger partial charge in [-0.2, -0.15) is 5.26 Å². The molecule has 204 valence electrons. The van der Waals surface area contributed by atoms with Gasteiger partial charge in [0, 0.05) is 55.4 Å². The smallest absolute Gasteiger partial charge is 0.224 e. The number of imidazole rings is 1. The maximum absolute atomic E-state index is 13.2. The van der Waals surface area contributed by atoms with Crippen molar-refractivity contribution in [3.8, 4) is 6.07 Å². The number of aromatic nitrogens is 2. The van der Waals surface area contributed by atoms with Gasteiger partial charge in [-0.05, 0) is 60.3 Å². The molecule has 2 atom stereocenters. The Bertz CT molecular complexity index is 1430. The molecule has 1 N–H and O–H groups in total. The third-order valence-electron chi connectivity index (χ3n) is 7.71. The summed E-state index contributed by atoms with van der Waals surface area (Å²) in [4.78, 5) is 19.9. The molecule has 1 amide bonds. The minimum atomic E-state index is -0.0149. The maximum Gasteiger partial charge on any atom is 0.224 e. The molecule has 0 bridgehead atoms. The van der Waals surface area contributed by atoms with Gasteiger partial charge in [-0.25, -0.2) is 4.98 Å². The number of piperidine rings is 1. The molecule has 6 nitrogen and oxygen atoms in total. The van der Waals surface area contributed by atoms with Gasteiger partial charge >= 0.3 is 0 Å². The van der Waals surface area contributed by atoms with Crippen molar-refractivity contribution in [1.29, 1.82) is 5.26 Å². The second kappa shape index (κ2) is 13.4. The van der Waals surface area contributed by atoms with Gasteiger partial charge in [-0.15, -0.1) is 0 Å². The standard InChI is InChI=1S/C33H34ClN5O/c34-30-14-12-28(13-15-30)32(27-5-2-1-3-6-27)23-38-18-4-7-29(22-38)33(40)37-17-16-31-20-36-24-39(31)21-26-10-8-25(19-35)9-11-26/h1-3,5-6,8-15,20,24,29,32H,4,7,16-18,21-23H2,(H,37,40). The lowest BCUT2D eigenvalue weighted by molar-refractivity contribution is -0.126. The first-order chi connectivity index (χ1) is 19.6. The van der Waals surface area contributed by atoms with Crippen LogP contribution < -0.4 is 5.32 Å². The average Bonchev–Trinajstić information content (AvgIpc) is 3.44. The number of carbonyl (C=O) groups excluding carboxylic acids is 1. The molecule has 7 heteroatoms. The van der Waals surface area contributed by atoms with Crippen LogP contribution in [0.4, 0.5) is 0 Å². The van der Waals surface area contributed by atoms with Crippen LogP contribution in [0.1, 0.15) is 46.7 Å². The fourth-order valence-electron chi connectivity index (χ4n) is 5.52. The summed E-state index contributed by atoms with van der Waals surface area (Å²) in [6.45, 7) is 3.88. The van der Waals surface area contributed by atoms with Crippen molar-refractivity contribution in [3.05, 3.63) is 124 Å². The highest BCUT2D eigenvalue weighted by atomic mass is 35.5. The second-order valence-electron chi connectivity index (χ2n) is 10.5. The minimum Gasteiger partial charge on any atom is -0.355 e. The van der Waals surface area contributed by atoms with Crippen LogP contribution in [0.5, 0.6) is 0 Å². The summed E-state index contributed by atoms with van der Waals surface area (Å²) < 4.78 is 2.09. The van der Waals surface area contributed by atoms with Crippen LogP contribution >= 0.6 is 11.6 Å². The van der Waals surface area contributed by atoms with Gasteiger partial charge < -0.3 is 14.8 Å². The number of carbonyl (C=O) groups is 1. The molecular weight excluding hydrogens is 518 g/mol. The molecule has 2 heterocycles. The summed E-state index contributed by atoms with van der Waals surface area (Å²) in [5.74, 6) is 0.334. The Morgan fingerprint density at radius 1 is 1.05 bits per heavy atom. The van der Waals surface area contributed by atoms with E-state index in [0.717, 1.165) is 48.8 Å². The number of nitrogens with one attached hydrogen (secondary N) is 1. The van der Waals surface area contributed by atoms with E-state index in [-0.39, 0.29) is 17.7 Å². The largest absolute Gasteiger partial charge is 0.355 e. The third-order valence-corrected chi connectivity index (χ3v) is 7.96. The number of rotatable bonds is 10. The molecule has 3 aromatic carbocycles. The number of likely N-dealkylation sites (tertiary alicyclic amines) is 1. The van der Waals surface area contributed by atoms with Crippen LogP contribution in [-0.2, 0) is 17.8 Å². The quantitative estimate of drug-likeness (QED) is 0.276. The van der Waals surface area contributed by atoms with Gasteiger partial charge in [0.2, 0.25) is 5.91 Å². The van der Waals surface area contributed by atoms with Gasteiger partial charge in [-0.1, -0.05) is 66.2 Å². The lowest BCUT2D eigenvalue weighted by Gasteiger charge is -2.34. The first kappa shape index (κ1) is 27.6. The summed E-state index contributed by atoms with van der Waals surface area (Å²) >= 11 is 6.17. The van der Waals surface area contributed by atoms with Crippen LogP contribution in [0.3, 0.4) is 0 Å². The normalized spacial score (nSPS) is 16.2.